The lowest BCUT2D eigenvalue weighted by molar-refractivity contribution is 1.17. The molecule has 0 atom stereocenters. The molecule has 0 spiro atoms. The lowest BCUT2D eigenvalue weighted by atomic mass is 9.98. The summed E-state index contributed by atoms with van der Waals surface area (Å²) < 4.78 is 7.30. The number of hydrogen-bond donors (Lipinski definition) is 0. The van der Waals surface area contributed by atoms with Gasteiger partial charge in [0.15, 0.2) is 8.07 Å². The second-order valence-corrected chi connectivity index (χ2v) is 22.2. The first kappa shape index (κ1) is 40.1. The van der Waals surface area contributed by atoms with Crippen LogP contribution in [0.2, 0.25) is 0 Å². The zero-order valence-electron chi connectivity index (χ0n) is 38.3. The molecule has 0 N–H and O–H groups in total. The molecule has 14 aromatic rings. The maximum atomic E-state index is 2.46. The van der Waals surface area contributed by atoms with Crippen LogP contribution in [-0.4, -0.2) is 21.8 Å². The molecule has 3 heterocycles. The van der Waals surface area contributed by atoms with Gasteiger partial charge in [-0.05, 0) is 111 Å². The topological polar surface area (TPSA) is 14.8 Å². The third kappa shape index (κ3) is 6.00. The van der Waals surface area contributed by atoms with Crippen LogP contribution in [0, 0.1) is 0 Å². The average molecular weight is 908 g/mol. The zero-order valence-corrected chi connectivity index (χ0v) is 39.3. The van der Waals surface area contributed by atoms with Crippen molar-refractivity contribution < 1.29 is 0 Å². The van der Waals surface area contributed by atoms with Gasteiger partial charge in [-0.15, -0.1) is 0 Å². The highest BCUT2D eigenvalue weighted by Crippen LogP contribution is 2.42. The second kappa shape index (κ2) is 16.1. The van der Waals surface area contributed by atoms with Crippen LogP contribution >= 0.6 is 0 Å². The number of benzene rings is 11. The summed E-state index contributed by atoms with van der Waals surface area (Å²) in [6.07, 6.45) is 0. The van der Waals surface area contributed by atoms with E-state index in [-0.39, 0.29) is 0 Å². The number of nitrogens with zero attached hydrogens (tertiary/aromatic N) is 3. The molecule has 70 heavy (non-hydrogen) atoms. The molecule has 0 amide bonds. The normalized spacial score (nSPS) is 12.0. The molecule has 11 aromatic carbocycles. The molecule has 0 saturated heterocycles. The minimum Gasteiger partial charge on any atom is -0.309 e. The van der Waals surface area contributed by atoms with E-state index in [0.717, 1.165) is 17.1 Å². The van der Waals surface area contributed by atoms with Crippen molar-refractivity contribution in [2.24, 2.45) is 0 Å². The molecule has 3 nitrogen and oxygen atoms in total. The Balaban J connectivity index is 0.917. The first-order valence-electron chi connectivity index (χ1n) is 24.2. The van der Waals surface area contributed by atoms with E-state index >= 15 is 0 Å². The highest BCUT2D eigenvalue weighted by Gasteiger charge is 2.41. The monoisotopic (exact) mass is 907 g/mol. The van der Waals surface area contributed by atoms with Crippen LogP contribution in [0.4, 0.5) is 0 Å². The SMILES string of the molecule is c1ccc(-n2c3ccccc3c3c(-c4ccc5c(c4)c4ccccc4n5-c4ccc5c(c4)c4ccccc4n5-c4ccc([Si](c5ccccc5)(c5ccccc5)c5ccccc5)cc4)cccc32)cc1. The standard InChI is InChI=1S/C66H45N3Si/c1-5-20-47(21-6-1)68-62-34-18-15-30-57(62)66-54(31-19-35-65(66)68)46-36-42-63-58(44-46)55-28-13-17-33-61(55)69(63)49-39-43-64-59(45-49)56-29-14-16-32-60(56)67(64)48-37-40-53(41-38-48)70(50-22-7-2-8-23-50,51-24-9-3-10-25-51)52-26-11-4-12-27-52/h1-45H. The van der Waals surface area contributed by atoms with Gasteiger partial charge in [-0.3, -0.25) is 0 Å². The fourth-order valence-corrected chi connectivity index (χ4v) is 16.6. The molecule has 328 valence electrons. The summed E-state index contributed by atoms with van der Waals surface area (Å²) in [6.45, 7) is 0. The Hall–Kier alpha value is -8.96. The molecule has 0 unspecified atom stereocenters. The second-order valence-electron chi connectivity index (χ2n) is 18.4. The first-order chi connectivity index (χ1) is 34.8. The van der Waals surface area contributed by atoms with E-state index in [1.807, 2.05) is 0 Å². The highest BCUT2D eigenvalue weighted by molar-refractivity contribution is 7.19. The lowest BCUT2D eigenvalue weighted by Gasteiger charge is -2.34. The van der Waals surface area contributed by atoms with Crippen LogP contribution in [0.1, 0.15) is 0 Å². The van der Waals surface area contributed by atoms with Gasteiger partial charge in [0.05, 0.1) is 33.1 Å². The van der Waals surface area contributed by atoms with Crippen molar-refractivity contribution in [2.45, 2.75) is 0 Å². The van der Waals surface area contributed by atoms with E-state index in [0.29, 0.717) is 0 Å². The van der Waals surface area contributed by atoms with Crippen molar-refractivity contribution in [3.63, 3.8) is 0 Å². The van der Waals surface area contributed by atoms with Gasteiger partial charge in [0, 0.05) is 49.4 Å². The molecule has 3 aromatic heterocycles. The smallest absolute Gasteiger partial charge is 0.179 e. The van der Waals surface area contributed by atoms with Crippen molar-refractivity contribution in [3.05, 3.63) is 273 Å². The maximum Gasteiger partial charge on any atom is 0.179 e. The Morgan fingerprint density at radius 1 is 0.229 bits per heavy atom. The van der Waals surface area contributed by atoms with Gasteiger partial charge in [0.1, 0.15) is 0 Å². The fourth-order valence-electron chi connectivity index (χ4n) is 11.8. The van der Waals surface area contributed by atoms with Crippen molar-refractivity contribution in [1.82, 2.24) is 13.7 Å². The van der Waals surface area contributed by atoms with Crippen LogP contribution in [0.25, 0.3) is 93.6 Å². The van der Waals surface area contributed by atoms with Crippen molar-refractivity contribution in [3.8, 4) is 28.2 Å². The fraction of sp³-hybridized carbons (Fsp3) is 0. The predicted molar refractivity (Wildman–Crippen MR) is 299 cm³/mol. The van der Waals surface area contributed by atoms with E-state index < -0.39 is 8.07 Å². The Kier molecular flexibility index (Phi) is 9.23. The molecule has 4 heteroatoms. The molecule has 0 radical (unpaired) electrons. The molecular formula is C66H45N3Si. The number of aromatic nitrogens is 3. The number of hydrogen-bond acceptors (Lipinski definition) is 0. The molecule has 0 saturated carbocycles. The number of fused-ring (bicyclic) bond motifs is 9. The summed E-state index contributed by atoms with van der Waals surface area (Å²) in [5.41, 5.74) is 13.1. The first-order valence-corrected chi connectivity index (χ1v) is 26.2. The molecule has 14 rings (SSSR count). The summed E-state index contributed by atoms with van der Waals surface area (Å²) in [6, 6.07) is 101. The van der Waals surface area contributed by atoms with Crippen LogP contribution in [-0.2, 0) is 0 Å². The van der Waals surface area contributed by atoms with Crippen LogP contribution in [0.5, 0.6) is 0 Å². The summed E-state index contributed by atoms with van der Waals surface area (Å²) in [7, 11) is -2.67. The zero-order chi connectivity index (χ0) is 46.2. The third-order valence-corrected chi connectivity index (χ3v) is 19.6. The van der Waals surface area contributed by atoms with Gasteiger partial charge >= 0.3 is 0 Å². The average Bonchev–Trinajstić information content (AvgIpc) is 4.08. The highest BCUT2D eigenvalue weighted by atomic mass is 28.3. The van der Waals surface area contributed by atoms with Crippen molar-refractivity contribution in [2.75, 3.05) is 0 Å². The van der Waals surface area contributed by atoms with Gasteiger partial charge < -0.3 is 13.7 Å². The van der Waals surface area contributed by atoms with Crippen LogP contribution < -0.4 is 20.7 Å². The minimum absolute atomic E-state index is 1.14. The molecule has 0 aliphatic rings. The Morgan fingerprint density at radius 3 is 1.20 bits per heavy atom. The summed E-state index contributed by atoms with van der Waals surface area (Å²) in [5.74, 6) is 0. The lowest BCUT2D eigenvalue weighted by Crippen LogP contribution is -2.74. The molecule has 0 bridgehead atoms. The van der Waals surface area contributed by atoms with E-state index in [1.54, 1.807) is 0 Å². The maximum absolute atomic E-state index is 2.67. The van der Waals surface area contributed by atoms with E-state index in [2.05, 4.69) is 287 Å². The molecule has 0 aliphatic carbocycles. The predicted octanol–water partition coefficient (Wildman–Crippen LogP) is 14.0. The van der Waals surface area contributed by atoms with Gasteiger partial charge in [-0.1, -0.05) is 194 Å². The molecule has 0 aliphatic heterocycles. The van der Waals surface area contributed by atoms with E-state index in [9.17, 15) is 0 Å². The quantitative estimate of drug-likeness (QED) is 0.107. The van der Waals surface area contributed by atoms with Crippen LogP contribution in [0.3, 0.4) is 0 Å². The van der Waals surface area contributed by atoms with Crippen LogP contribution in [0.15, 0.2) is 273 Å². The van der Waals surface area contributed by atoms with Crippen molar-refractivity contribution in [1.29, 1.82) is 0 Å². The minimum atomic E-state index is -2.67. The van der Waals surface area contributed by atoms with E-state index in [4.69, 9.17) is 0 Å². The molecule has 0 fully saturated rings. The van der Waals surface area contributed by atoms with Gasteiger partial charge in [-0.25, -0.2) is 0 Å². The van der Waals surface area contributed by atoms with Gasteiger partial charge in [-0.2, -0.15) is 0 Å². The molecular weight excluding hydrogens is 863 g/mol. The van der Waals surface area contributed by atoms with Gasteiger partial charge in [0.25, 0.3) is 0 Å². The largest absolute Gasteiger partial charge is 0.309 e. The Bertz CT molecular complexity index is 4170. The van der Waals surface area contributed by atoms with E-state index in [1.165, 1.54) is 97.3 Å². The third-order valence-electron chi connectivity index (χ3n) is 14.8. The van der Waals surface area contributed by atoms with Crippen molar-refractivity contribution >= 4 is 94.2 Å². The summed E-state index contributed by atoms with van der Waals surface area (Å²) >= 11 is 0. The number of para-hydroxylation sites is 4. The summed E-state index contributed by atoms with van der Waals surface area (Å²) in [4.78, 5) is 0. The number of rotatable bonds is 8. The Morgan fingerprint density at radius 2 is 0.614 bits per heavy atom. The van der Waals surface area contributed by atoms with Gasteiger partial charge in [0.2, 0.25) is 0 Å². The summed E-state index contributed by atoms with van der Waals surface area (Å²) in [5, 5.41) is 12.9. The Labute approximate surface area is 407 Å².